The minimum absolute atomic E-state index is 0.266. The van der Waals surface area contributed by atoms with Gasteiger partial charge in [-0.3, -0.25) is 14.4 Å². The first-order chi connectivity index (χ1) is 20.5. The lowest BCUT2D eigenvalue weighted by Gasteiger charge is -2.38. The number of carbonyl (C=O) groups excluding carboxylic acids is 3. The first-order valence-corrected chi connectivity index (χ1v) is 13.8. The third kappa shape index (κ3) is 3.56. The Morgan fingerprint density at radius 2 is 1.43 bits per heavy atom. The molecule has 0 radical (unpaired) electrons. The Labute approximate surface area is 243 Å². The number of carbonyl (C=O) groups is 3. The molecule has 0 unspecified atom stereocenters. The largest absolute Gasteiger partial charge is 0.497 e. The smallest absolute Gasteiger partial charge is 0.238 e. The molecule has 4 aromatic carbocycles. The molecule has 0 saturated carbocycles. The number of Topliss-reactive ketones (excluding diaryl/α,β-unsaturated/α-hetero) is 2. The van der Waals surface area contributed by atoms with Crippen LogP contribution in [-0.2, 0) is 10.2 Å². The van der Waals surface area contributed by atoms with E-state index in [9.17, 15) is 14.4 Å². The number of hydrogen-bond acceptors (Lipinski definition) is 6. The van der Waals surface area contributed by atoms with E-state index in [4.69, 9.17) is 9.47 Å². The number of methoxy groups -OCH3 is 2. The van der Waals surface area contributed by atoms with Gasteiger partial charge in [0.15, 0.2) is 11.6 Å². The molecule has 1 fully saturated rings. The lowest BCUT2D eigenvalue weighted by molar-refractivity contribution is -0.122. The highest BCUT2D eigenvalue weighted by atomic mass is 16.5. The van der Waals surface area contributed by atoms with E-state index in [2.05, 4.69) is 5.32 Å². The number of nitrogens with one attached hydrogen (secondary N) is 1. The molecule has 1 N–H and O–H groups in total. The van der Waals surface area contributed by atoms with E-state index in [1.165, 1.54) is 0 Å². The van der Waals surface area contributed by atoms with Gasteiger partial charge in [-0.2, -0.15) is 0 Å². The predicted molar refractivity (Wildman–Crippen MR) is 159 cm³/mol. The molecule has 3 aliphatic rings. The summed E-state index contributed by atoms with van der Waals surface area (Å²) in [4.78, 5) is 46.0. The van der Waals surface area contributed by atoms with Gasteiger partial charge in [0.2, 0.25) is 5.91 Å². The summed E-state index contributed by atoms with van der Waals surface area (Å²) in [6, 6.07) is 27.6. The number of para-hydroxylation sites is 1. The van der Waals surface area contributed by atoms with Crippen LogP contribution in [0.5, 0.6) is 11.5 Å². The fourth-order valence-electron chi connectivity index (χ4n) is 7.07. The number of fused-ring (bicyclic) bond motifs is 6. The lowest BCUT2D eigenvalue weighted by Crippen LogP contribution is -2.49. The number of amides is 1. The van der Waals surface area contributed by atoms with Crippen molar-refractivity contribution in [1.29, 1.82) is 0 Å². The molecule has 3 aliphatic heterocycles. The standard InChI is InChI=1S/C35H28N2O5/c1-41-24-12-7-10-22(19-24)31(38)29-30(32(39)23-11-8-13-25(20-23)42-2)37-18-17-21-9-3-4-14-26(21)33(37)35(29)27-15-5-6-16-28(27)36-34(35)40/h3-20,29-30,33H,1-2H3,(H,36,40)/t29-,30+,33+,35+/m1/s1. The van der Waals surface area contributed by atoms with Crippen LogP contribution in [0, 0.1) is 5.92 Å². The maximum atomic E-state index is 14.9. The van der Waals surface area contributed by atoms with E-state index in [0.717, 1.165) is 11.1 Å². The highest BCUT2D eigenvalue weighted by molar-refractivity contribution is 6.16. The maximum Gasteiger partial charge on any atom is 0.238 e. The third-order valence-electron chi connectivity index (χ3n) is 8.83. The van der Waals surface area contributed by atoms with Crippen LogP contribution < -0.4 is 14.8 Å². The number of nitrogens with zero attached hydrogens (tertiary/aromatic N) is 1. The maximum absolute atomic E-state index is 14.9. The average Bonchev–Trinajstić information content (AvgIpc) is 3.52. The van der Waals surface area contributed by atoms with Crippen LogP contribution in [0.15, 0.2) is 103 Å². The number of ether oxygens (including phenoxy) is 2. The Hall–Kier alpha value is -5.17. The van der Waals surface area contributed by atoms with Crippen LogP contribution in [0.3, 0.4) is 0 Å². The van der Waals surface area contributed by atoms with E-state index in [-0.39, 0.29) is 17.5 Å². The van der Waals surface area contributed by atoms with E-state index in [1.807, 2.05) is 65.7 Å². The molecule has 1 amide bonds. The molecule has 7 rings (SSSR count). The topological polar surface area (TPSA) is 84.9 Å². The first kappa shape index (κ1) is 25.8. The third-order valence-corrected chi connectivity index (χ3v) is 8.83. The summed E-state index contributed by atoms with van der Waals surface area (Å²) in [7, 11) is 3.09. The van der Waals surface area contributed by atoms with Gasteiger partial charge >= 0.3 is 0 Å². The van der Waals surface area contributed by atoms with E-state index >= 15 is 0 Å². The normalized spacial score (nSPS) is 23.1. The number of benzene rings is 4. The molecule has 208 valence electrons. The Morgan fingerprint density at radius 1 is 0.786 bits per heavy atom. The Bertz CT molecular complexity index is 1800. The predicted octanol–water partition coefficient (Wildman–Crippen LogP) is 5.69. The molecule has 4 atom stereocenters. The monoisotopic (exact) mass is 556 g/mol. The second-order valence-electron chi connectivity index (χ2n) is 10.8. The van der Waals surface area contributed by atoms with Gasteiger partial charge < -0.3 is 19.7 Å². The van der Waals surface area contributed by atoms with Gasteiger partial charge in [0.25, 0.3) is 0 Å². The van der Waals surface area contributed by atoms with Crippen molar-refractivity contribution >= 4 is 29.2 Å². The van der Waals surface area contributed by atoms with Crippen molar-refractivity contribution in [2.45, 2.75) is 17.5 Å². The van der Waals surface area contributed by atoms with Crippen molar-refractivity contribution in [3.63, 3.8) is 0 Å². The van der Waals surface area contributed by atoms with E-state index in [0.29, 0.717) is 33.9 Å². The molecule has 42 heavy (non-hydrogen) atoms. The van der Waals surface area contributed by atoms with Crippen molar-refractivity contribution in [2.75, 3.05) is 19.5 Å². The summed E-state index contributed by atoms with van der Waals surface area (Å²) in [5.41, 5.74) is 2.56. The fraction of sp³-hybridized carbons (Fsp3) is 0.171. The second kappa shape index (κ2) is 9.73. The van der Waals surface area contributed by atoms with Gasteiger partial charge in [0, 0.05) is 23.0 Å². The molecule has 7 nitrogen and oxygen atoms in total. The van der Waals surface area contributed by atoms with E-state index in [1.54, 1.807) is 62.8 Å². The van der Waals surface area contributed by atoms with Crippen LogP contribution in [0.4, 0.5) is 5.69 Å². The van der Waals surface area contributed by atoms with Gasteiger partial charge in [0.1, 0.15) is 23.0 Å². The molecule has 4 aromatic rings. The minimum atomic E-state index is -1.39. The summed E-state index contributed by atoms with van der Waals surface area (Å²) in [6.07, 6.45) is 3.81. The zero-order valence-corrected chi connectivity index (χ0v) is 23.1. The highest BCUT2D eigenvalue weighted by Crippen LogP contribution is 2.62. The number of ketones is 2. The van der Waals surface area contributed by atoms with E-state index < -0.39 is 23.4 Å². The first-order valence-electron chi connectivity index (χ1n) is 13.8. The zero-order valence-electron chi connectivity index (χ0n) is 23.1. The van der Waals surface area contributed by atoms with Gasteiger partial charge in [-0.1, -0.05) is 66.7 Å². The van der Waals surface area contributed by atoms with Crippen molar-refractivity contribution in [3.8, 4) is 11.5 Å². The van der Waals surface area contributed by atoms with Gasteiger partial charge in [-0.25, -0.2) is 0 Å². The number of anilines is 1. The Kier molecular flexibility index (Phi) is 5.97. The lowest BCUT2D eigenvalue weighted by atomic mass is 9.62. The summed E-state index contributed by atoms with van der Waals surface area (Å²) >= 11 is 0. The second-order valence-corrected chi connectivity index (χ2v) is 10.8. The molecule has 0 aromatic heterocycles. The minimum Gasteiger partial charge on any atom is -0.497 e. The van der Waals surface area contributed by atoms with Crippen molar-refractivity contribution < 1.29 is 23.9 Å². The molecular weight excluding hydrogens is 528 g/mol. The van der Waals surface area contributed by atoms with Gasteiger partial charge in [0.05, 0.1) is 26.2 Å². The molecule has 0 bridgehead atoms. The zero-order chi connectivity index (χ0) is 29.0. The Morgan fingerprint density at radius 3 is 2.14 bits per heavy atom. The van der Waals surface area contributed by atoms with Crippen LogP contribution in [-0.4, -0.2) is 42.6 Å². The summed E-state index contributed by atoms with van der Waals surface area (Å²) in [5.74, 6) is -0.883. The molecule has 3 heterocycles. The molecule has 1 saturated heterocycles. The molecule has 0 aliphatic carbocycles. The summed E-state index contributed by atoms with van der Waals surface area (Å²) in [5, 5.41) is 3.07. The number of rotatable bonds is 6. The van der Waals surface area contributed by atoms with Gasteiger partial charge in [-0.05, 0) is 53.1 Å². The molecule has 7 heteroatoms. The average molecular weight is 557 g/mol. The van der Waals surface area contributed by atoms with Crippen LogP contribution >= 0.6 is 0 Å². The summed E-state index contributed by atoms with van der Waals surface area (Å²) in [6.45, 7) is 0. The van der Waals surface area contributed by atoms with Crippen molar-refractivity contribution in [3.05, 3.63) is 131 Å². The van der Waals surface area contributed by atoms with Crippen molar-refractivity contribution in [2.24, 2.45) is 5.92 Å². The highest BCUT2D eigenvalue weighted by Gasteiger charge is 2.70. The quantitative estimate of drug-likeness (QED) is 0.308. The summed E-state index contributed by atoms with van der Waals surface area (Å²) < 4.78 is 10.9. The van der Waals surface area contributed by atoms with Crippen molar-refractivity contribution in [1.82, 2.24) is 4.90 Å². The molecular formula is C35H28N2O5. The van der Waals surface area contributed by atoms with Crippen LogP contribution in [0.1, 0.15) is 43.4 Å². The van der Waals surface area contributed by atoms with Crippen LogP contribution in [0.2, 0.25) is 0 Å². The Balaban J connectivity index is 1.53. The molecule has 1 spiro atoms. The van der Waals surface area contributed by atoms with Gasteiger partial charge in [-0.15, -0.1) is 0 Å². The number of hydrogen-bond donors (Lipinski definition) is 1. The fourth-order valence-corrected chi connectivity index (χ4v) is 7.07. The van der Waals surface area contributed by atoms with Crippen LogP contribution in [0.25, 0.3) is 6.08 Å². The SMILES string of the molecule is COc1cccc(C(=O)[C@@H]2[C@H](C(=O)c3cccc(OC)c3)[C@]3(C(=O)Nc4ccccc43)[C@@H]3c4ccccc4C=CN23)c1.